The van der Waals surface area contributed by atoms with E-state index in [4.69, 9.17) is 4.74 Å². The average Bonchev–Trinajstić information content (AvgIpc) is 2.95. The van der Waals surface area contributed by atoms with Crippen molar-refractivity contribution in [2.24, 2.45) is 0 Å². The Bertz CT molecular complexity index is 476. The van der Waals surface area contributed by atoms with E-state index in [1.165, 1.54) is 0 Å². The molecule has 0 fully saturated rings. The molecule has 0 aliphatic carbocycles. The monoisotopic (exact) mass is 251 g/mol. The molecule has 2 rings (SSSR count). The molecule has 2 heterocycles. The summed E-state index contributed by atoms with van der Waals surface area (Å²) in [4.78, 5) is 4.52. The van der Waals surface area contributed by atoms with Crippen LogP contribution in [0.3, 0.4) is 0 Å². The van der Waals surface area contributed by atoms with Crippen LogP contribution in [0.2, 0.25) is 0 Å². The summed E-state index contributed by atoms with van der Waals surface area (Å²) >= 11 is 1.69. The van der Waals surface area contributed by atoms with Crippen molar-refractivity contribution < 1.29 is 4.74 Å². The van der Waals surface area contributed by atoms with Crippen LogP contribution in [0.25, 0.3) is 0 Å². The Hall–Kier alpha value is -1.36. The lowest BCUT2D eigenvalue weighted by Gasteiger charge is -2.00. The normalized spacial score (nSPS) is 11.1. The minimum atomic E-state index is 0.483. The number of nitrogens with zero attached hydrogens (tertiary/aromatic N) is 3. The van der Waals surface area contributed by atoms with Gasteiger partial charge in [-0.05, 0) is 6.92 Å². The first-order valence-electron chi connectivity index (χ1n) is 5.78. The van der Waals surface area contributed by atoms with Crippen LogP contribution in [0.1, 0.15) is 37.4 Å². The van der Waals surface area contributed by atoms with Crippen molar-refractivity contribution in [3.8, 4) is 5.75 Å². The third-order valence-corrected chi connectivity index (χ3v) is 3.58. The van der Waals surface area contributed by atoms with Crippen LogP contribution in [0.4, 0.5) is 0 Å². The van der Waals surface area contributed by atoms with Crippen LogP contribution >= 0.6 is 11.3 Å². The molecule has 0 saturated heterocycles. The molecule has 0 amide bonds. The smallest absolute Gasteiger partial charge is 0.157 e. The predicted octanol–water partition coefficient (Wildman–Crippen LogP) is 3.06. The molecule has 0 N–H and O–H groups in total. The minimum Gasteiger partial charge on any atom is -0.484 e. The molecule has 2 aromatic heterocycles. The summed E-state index contributed by atoms with van der Waals surface area (Å²) in [5.74, 6) is 1.28. The first kappa shape index (κ1) is 12.1. The molecular weight excluding hydrogens is 234 g/mol. The molecule has 0 radical (unpaired) electrons. The zero-order valence-corrected chi connectivity index (χ0v) is 11.2. The summed E-state index contributed by atoms with van der Waals surface area (Å²) in [6.07, 6.45) is 3.63. The number of ether oxygens (including phenoxy) is 1. The summed E-state index contributed by atoms with van der Waals surface area (Å²) in [6.45, 7) is 7.71. The van der Waals surface area contributed by atoms with Gasteiger partial charge in [-0.3, -0.25) is 4.68 Å². The molecule has 4 nitrogen and oxygen atoms in total. The summed E-state index contributed by atoms with van der Waals surface area (Å²) in [6, 6.07) is 0. The molecule has 0 aromatic carbocycles. The van der Waals surface area contributed by atoms with E-state index in [1.54, 1.807) is 17.5 Å². The van der Waals surface area contributed by atoms with Gasteiger partial charge < -0.3 is 4.74 Å². The Balaban J connectivity index is 1.92. The van der Waals surface area contributed by atoms with E-state index in [0.29, 0.717) is 12.5 Å². The maximum Gasteiger partial charge on any atom is 0.157 e. The summed E-state index contributed by atoms with van der Waals surface area (Å²) in [7, 11) is 0. The quantitative estimate of drug-likeness (QED) is 0.820. The highest BCUT2D eigenvalue weighted by Gasteiger charge is 2.06. The largest absolute Gasteiger partial charge is 0.484 e. The van der Waals surface area contributed by atoms with Crippen molar-refractivity contribution in [2.75, 3.05) is 0 Å². The lowest BCUT2D eigenvalue weighted by molar-refractivity contribution is 0.301. The van der Waals surface area contributed by atoms with Crippen LogP contribution < -0.4 is 4.74 Å². The van der Waals surface area contributed by atoms with Gasteiger partial charge in [0.05, 0.1) is 23.1 Å². The van der Waals surface area contributed by atoms with Gasteiger partial charge in [0.2, 0.25) is 0 Å². The van der Waals surface area contributed by atoms with Gasteiger partial charge in [-0.2, -0.15) is 5.10 Å². The number of aromatic nitrogens is 3. The fourth-order valence-electron chi connectivity index (χ4n) is 1.40. The van der Waals surface area contributed by atoms with Crippen LogP contribution in [-0.2, 0) is 13.2 Å². The zero-order chi connectivity index (χ0) is 12.3. The third kappa shape index (κ3) is 3.06. The molecule has 0 bridgehead atoms. The Labute approximate surface area is 105 Å². The second kappa shape index (κ2) is 5.31. The molecule has 0 aliphatic rings. The number of aryl methyl sites for hydroxylation is 1. The van der Waals surface area contributed by atoms with Crippen molar-refractivity contribution in [3.63, 3.8) is 0 Å². The standard InChI is InChI=1S/C12H17N3OS/c1-4-15-6-11(5-13-15)16-7-10-8-17-12(14-10)9(2)3/h5-6,8-9H,4,7H2,1-3H3. The number of hydrogen-bond donors (Lipinski definition) is 0. The molecule has 2 aromatic rings. The number of rotatable bonds is 5. The highest BCUT2D eigenvalue weighted by molar-refractivity contribution is 7.09. The summed E-state index contributed by atoms with van der Waals surface area (Å²) in [5.41, 5.74) is 0.989. The van der Waals surface area contributed by atoms with Crippen LogP contribution in [0.5, 0.6) is 5.75 Å². The Kier molecular flexibility index (Phi) is 3.78. The van der Waals surface area contributed by atoms with Crippen LogP contribution in [0, 0.1) is 0 Å². The maximum atomic E-state index is 5.63. The molecule has 0 spiro atoms. The van der Waals surface area contributed by atoms with Crippen molar-refractivity contribution in [1.29, 1.82) is 0 Å². The number of hydrogen-bond acceptors (Lipinski definition) is 4. The first-order valence-corrected chi connectivity index (χ1v) is 6.66. The molecule has 5 heteroatoms. The number of thiazole rings is 1. The van der Waals surface area contributed by atoms with E-state index < -0.39 is 0 Å². The van der Waals surface area contributed by atoms with Gasteiger partial charge in [0.1, 0.15) is 6.61 Å². The first-order chi connectivity index (χ1) is 8.19. The van der Waals surface area contributed by atoms with Gasteiger partial charge in [0.25, 0.3) is 0 Å². The van der Waals surface area contributed by atoms with Gasteiger partial charge in [-0.15, -0.1) is 11.3 Å². The average molecular weight is 251 g/mol. The zero-order valence-electron chi connectivity index (χ0n) is 10.4. The van der Waals surface area contributed by atoms with E-state index >= 15 is 0 Å². The fraction of sp³-hybridized carbons (Fsp3) is 0.500. The molecule has 0 atom stereocenters. The van der Waals surface area contributed by atoms with Crippen LogP contribution in [-0.4, -0.2) is 14.8 Å². The summed E-state index contributed by atoms with van der Waals surface area (Å²) in [5, 5.41) is 7.37. The van der Waals surface area contributed by atoms with Crippen molar-refractivity contribution >= 4 is 11.3 Å². The molecule has 92 valence electrons. The van der Waals surface area contributed by atoms with Crippen molar-refractivity contribution in [1.82, 2.24) is 14.8 Å². The Morgan fingerprint density at radius 1 is 1.47 bits per heavy atom. The molecule has 0 saturated carbocycles. The second-order valence-corrected chi connectivity index (χ2v) is 5.04. The highest BCUT2D eigenvalue weighted by atomic mass is 32.1. The topological polar surface area (TPSA) is 39.9 Å². The Morgan fingerprint density at radius 2 is 2.29 bits per heavy atom. The van der Waals surface area contributed by atoms with E-state index in [-0.39, 0.29) is 0 Å². The summed E-state index contributed by atoms with van der Waals surface area (Å²) < 4.78 is 7.47. The molecule has 0 aliphatic heterocycles. The van der Waals surface area contributed by atoms with Gasteiger partial charge >= 0.3 is 0 Å². The molecule has 17 heavy (non-hydrogen) atoms. The molecule has 0 unspecified atom stereocenters. The van der Waals surface area contributed by atoms with Crippen molar-refractivity contribution in [2.45, 2.75) is 39.8 Å². The van der Waals surface area contributed by atoms with Gasteiger partial charge in [-0.1, -0.05) is 13.8 Å². The third-order valence-electron chi connectivity index (χ3n) is 2.38. The fourth-order valence-corrected chi connectivity index (χ4v) is 2.22. The maximum absolute atomic E-state index is 5.63. The van der Waals surface area contributed by atoms with E-state index in [1.807, 2.05) is 17.8 Å². The van der Waals surface area contributed by atoms with Gasteiger partial charge in [0, 0.05) is 17.8 Å². The van der Waals surface area contributed by atoms with Gasteiger partial charge in [0.15, 0.2) is 5.75 Å². The predicted molar refractivity (Wildman–Crippen MR) is 68.4 cm³/mol. The second-order valence-electron chi connectivity index (χ2n) is 4.15. The lowest BCUT2D eigenvalue weighted by atomic mass is 10.2. The van der Waals surface area contributed by atoms with Gasteiger partial charge in [-0.25, -0.2) is 4.98 Å². The SMILES string of the molecule is CCn1cc(OCc2csc(C(C)C)n2)cn1. The van der Waals surface area contributed by atoms with Crippen molar-refractivity contribution in [3.05, 3.63) is 28.5 Å². The minimum absolute atomic E-state index is 0.483. The Morgan fingerprint density at radius 3 is 2.88 bits per heavy atom. The lowest BCUT2D eigenvalue weighted by Crippen LogP contribution is -1.96. The highest BCUT2D eigenvalue weighted by Crippen LogP contribution is 2.20. The van der Waals surface area contributed by atoms with E-state index in [2.05, 4.69) is 29.3 Å². The van der Waals surface area contributed by atoms with Crippen LogP contribution in [0.15, 0.2) is 17.8 Å². The van der Waals surface area contributed by atoms with E-state index in [9.17, 15) is 0 Å². The molecular formula is C12H17N3OS. The van der Waals surface area contributed by atoms with E-state index in [0.717, 1.165) is 23.0 Å².